The van der Waals surface area contributed by atoms with Gasteiger partial charge in [0.1, 0.15) is 12.1 Å². The highest BCUT2D eigenvalue weighted by Crippen LogP contribution is 2.49. The summed E-state index contributed by atoms with van der Waals surface area (Å²) in [5.41, 5.74) is 3.04. The van der Waals surface area contributed by atoms with Gasteiger partial charge in [-0.15, -0.1) is 0 Å². The van der Waals surface area contributed by atoms with Crippen LogP contribution in [0.2, 0.25) is 0 Å². The molecule has 152 valence electrons. The van der Waals surface area contributed by atoms with E-state index in [4.69, 9.17) is 9.47 Å². The highest BCUT2D eigenvalue weighted by atomic mass is 79.9. The summed E-state index contributed by atoms with van der Waals surface area (Å²) in [5.74, 6) is -0.301. The number of carbonyl (C=O) groups excluding carboxylic acids is 2. The smallest absolute Gasteiger partial charge is 0.266 e. The van der Waals surface area contributed by atoms with Crippen molar-refractivity contribution in [3.8, 4) is 0 Å². The molecule has 8 heteroatoms. The molecule has 0 aliphatic carbocycles. The lowest BCUT2D eigenvalue weighted by Gasteiger charge is -2.51. The van der Waals surface area contributed by atoms with Gasteiger partial charge in [0.2, 0.25) is 0 Å². The lowest BCUT2D eigenvalue weighted by atomic mass is 9.93. The molecular formula is C21H21BrN2O4S. The molecule has 29 heavy (non-hydrogen) atoms. The maximum absolute atomic E-state index is 12.7. The minimum Gasteiger partial charge on any atom is -0.369 e. The number of hydrogen-bond acceptors (Lipinski definition) is 5. The fourth-order valence-corrected chi connectivity index (χ4v) is 5.42. The van der Waals surface area contributed by atoms with Gasteiger partial charge in [-0.25, -0.2) is 0 Å². The molecule has 0 aromatic heterocycles. The Morgan fingerprint density at radius 3 is 1.86 bits per heavy atom. The van der Waals surface area contributed by atoms with Crippen LogP contribution in [0.5, 0.6) is 0 Å². The first-order valence-electron chi connectivity index (χ1n) is 9.18. The van der Waals surface area contributed by atoms with Crippen molar-refractivity contribution >= 4 is 39.9 Å². The van der Waals surface area contributed by atoms with E-state index in [-0.39, 0.29) is 23.9 Å². The molecule has 4 rings (SSSR count). The summed E-state index contributed by atoms with van der Waals surface area (Å²) in [6, 6.07) is 15.2. The summed E-state index contributed by atoms with van der Waals surface area (Å²) in [6.07, 6.45) is -1.12. The minimum absolute atomic E-state index is 0.148. The van der Waals surface area contributed by atoms with Gasteiger partial charge in [0, 0.05) is 18.7 Å². The highest BCUT2D eigenvalue weighted by Gasteiger charge is 2.56. The quantitative estimate of drug-likeness (QED) is 0.468. The van der Waals surface area contributed by atoms with Crippen molar-refractivity contribution in [1.29, 1.82) is 0 Å². The van der Waals surface area contributed by atoms with Gasteiger partial charge >= 0.3 is 0 Å². The summed E-state index contributed by atoms with van der Waals surface area (Å²) < 4.78 is 15.0. The van der Waals surface area contributed by atoms with Crippen LogP contribution in [0.25, 0.3) is 0 Å². The number of benzene rings is 2. The third-order valence-corrected chi connectivity index (χ3v) is 6.92. The molecule has 6 nitrogen and oxygen atoms in total. The molecule has 2 heterocycles. The Hall–Kier alpha value is -1.87. The Bertz CT molecular complexity index is 880. The van der Waals surface area contributed by atoms with Gasteiger partial charge in [-0.05, 0) is 30.2 Å². The fraction of sp³-hybridized carbons (Fsp3) is 0.333. The standard InChI is InChI=1S/C21H21BrN2O4S/c1-12-6-4-7-13(10-12)16-18(27-2)20(25)23(16)29-24-17(19(28-3)21(24)26)14-8-5-9-15(22)11-14/h4-11,16-19H,1-3H3/t16-,17-,18+,19+/m0/s1. The van der Waals surface area contributed by atoms with Crippen molar-refractivity contribution in [2.24, 2.45) is 0 Å². The van der Waals surface area contributed by atoms with Crippen molar-refractivity contribution in [1.82, 2.24) is 8.61 Å². The Kier molecular flexibility index (Phi) is 5.70. The molecule has 2 amide bonds. The molecule has 0 spiro atoms. The third kappa shape index (κ3) is 3.48. The second-order valence-electron chi connectivity index (χ2n) is 7.08. The number of β-lactam (4-membered cyclic amide) rings is 2. The maximum atomic E-state index is 12.7. The molecule has 0 N–H and O–H groups in total. The Balaban J connectivity index is 1.60. The average Bonchev–Trinajstić information content (AvgIpc) is 2.70. The van der Waals surface area contributed by atoms with Gasteiger partial charge in [-0.1, -0.05) is 57.9 Å². The van der Waals surface area contributed by atoms with Crippen LogP contribution < -0.4 is 0 Å². The van der Waals surface area contributed by atoms with Gasteiger partial charge in [-0.3, -0.25) is 18.2 Å². The van der Waals surface area contributed by atoms with Gasteiger partial charge in [-0.2, -0.15) is 0 Å². The first kappa shape index (κ1) is 20.4. The van der Waals surface area contributed by atoms with Gasteiger partial charge in [0.15, 0.2) is 12.2 Å². The zero-order chi connectivity index (χ0) is 20.7. The van der Waals surface area contributed by atoms with Crippen molar-refractivity contribution < 1.29 is 19.1 Å². The SMILES string of the molecule is CO[C@H]1C(=O)N(SN2C(=O)[C@H](OC)[C@@H]2c2cccc(Br)c2)[C@H]1c1cccc(C)c1. The van der Waals surface area contributed by atoms with Crippen molar-refractivity contribution in [3.63, 3.8) is 0 Å². The van der Waals surface area contributed by atoms with Crippen LogP contribution in [0.1, 0.15) is 28.8 Å². The normalized spacial score (nSPS) is 26.3. The van der Waals surface area contributed by atoms with Crippen LogP contribution in [-0.4, -0.2) is 46.9 Å². The maximum Gasteiger partial charge on any atom is 0.266 e. The van der Waals surface area contributed by atoms with Crippen molar-refractivity contribution in [3.05, 3.63) is 69.7 Å². The minimum atomic E-state index is -0.566. The molecule has 0 radical (unpaired) electrons. The van der Waals surface area contributed by atoms with E-state index in [1.165, 1.54) is 14.2 Å². The number of methoxy groups -OCH3 is 2. The van der Waals surface area contributed by atoms with Gasteiger partial charge in [0.25, 0.3) is 11.8 Å². The summed E-state index contributed by atoms with van der Waals surface area (Å²) in [5, 5.41) is 0. The van der Waals surface area contributed by atoms with Crippen LogP contribution in [0.3, 0.4) is 0 Å². The summed E-state index contributed by atoms with van der Waals surface area (Å²) >= 11 is 4.62. The molecule has 2 aromatic rings. The lowest BCUT2D eigenvalue weighted by molar-refractivity contribution is -0.162. The second kappa shape index (κ2) is 8.10. The number of aryl methyl sites for hydroxylation is 1. The van der Waals surface area contributed by atoms with E-state index in [1.54, 1.807) is 8.61 Å². The van der Waals surface area contributed by atoms with Crippen molar-refractivity contribution in [2.45, 2.75) is 31.2 Å². The molecule has 4 atom stereocenters. The highest BCUT2D eigenvalue weighted by molar-refractivity contribution is 9.10. The van der Waals surface area contributed by atoms with E-state index >= 15 is 0 Å². The predicted molar refractivity (Wildman–Crippen MR) is 114 cm³/mol. The fourth-order valence-electron chi connectivity index (χ4n) is 3.78. The number of nitrogens with zero attached hydrogens (tertiary/aromatic N) is 2. The zero-order valence-corrected chi connectivity index (χ0v) is 18.6. The summed E-state index contributed by atoms with van der Waals surface area (Å²) in [6.45, 7) is 2.01. The Labute approximate surface area is 182 Å². The van der Waals surface area contributed by atoms with Crippen molar-refractivity contribution in [2.75, 3.05) is 14.2 Å². The number of carbonyl (C=O) groups is 2. The van der Waals surface area contributed by atoms with E-state index in [1.807, 2.05) is 55.5 Å². The number of hydrogen-bond donors (Lipinski definition) is 0. The van der Waals surface area contributed by atoms with Crippen LogP contribution in [0.15, 0.2) is 53.0 Å². The summed E-state index contributed by atoms with van der Waals surface area (Å²) in [7, 11) is 3.06. The molecule has 2 aliphatic rings. The first-order valence-corrected chi connectivity index (χ1v) is 10.7. The molecule has 2 fully saturated rings. The Morgan fingerprint density at radius 2 is 1.38 bits per heavy atom. The zero-order valence-electron chi connectivity index (χ0n) is 16.2. The third-order valence-electron chi connectivity index (χ3n) is 5.26. The number of ether oxygens (including phenoxy) is 2. The van der Waals surface area contributed by atoms with Crippen LogP contribution in [0, 0.1) is 6.92 Å². The number of amides is 2. The molecule has 2 saturated heterocycles. The second-order valence-corrected chi connectivity index (χ2v) is 8.95. The predicted octanol–water partition coefficient (Wildman–Crippen LogP) is 3.82. The van der Waals surface area contributed by atoms with E-state index in [0.29, 0.717) is 0 Å². The molecular weight excluding hydrogens is 456 g/mol. The number of halogens is 1. The van der Waals surface area contributed by atoms with Crippen LogP contribution in [0.4, 0.5) is 0 Å². The van der Waals surface area contributed by atoms with E-state index in [2.05, 4.69) is 15.9 Å². The number of rotatable bonds is 6. The lowest BCUT2D eigenvalue weighted by Crippen LogP contribution is -2.62. The van der Waals surface area contributed by atoms with Gasteiger partial charge < -0.3 is 9.47 Å². The van der Waals surface area contributed by atoms with Gasteiger partial charge in [0.05, 0.1) is 12.1 Å². The monoisotopic (exact) mass is 476 g/mol. The van der Waals surface area contributed by atoms with E-state index in [0.717, 1.165) is 33.3 Å². The molecule has 2 aromatic carbocycles. The van der Waals surface area contributed by atoms with Crippen LogP contribution in [-0.2, 0) is 19.1 Å². The molecule has 0 saturated carbocycles. The molecule has 0 unspecified atom stereocenters. The first-order chi connectivity index (χ1) is 14.0. The molecule has 0 bridgehead atoms. The average molecular weight is 477 g/mol. The van der Waals surface area contributed by atoms with E-state index < -0.39 is 12.2 Å². The summed E-state index contributed by atoms with van der Waals surface area (Å²) in [4.78, 5) is 25.4. The van der Waals surface area contributed by atoms with E-state index in [9.17, 15) is 9.59 Å². The van der Waals surface area contributed by atoms with Crippen LogP contribution >= 0.6 is 28.1 Å². The Morgan fingerprint density at radius 1 is 0.862 bits per heavy atom. The topological polar surface area (TPSA) is 59.1 Å². The molecule has 2 aliphatic heterocycles. The largest absolute Gasteiger partial charge is 0.369 e.